The monoisotopic (exact) mass is 282 g/mol. The van der Waals surface area contributed by atoms with Crippen LogP contribution in [0.3, 0.4) is 0 Å². The van der Waals surface area contributed by atoms with Crippen molar-refractivity contribution >= 4 is 11.9 Å². The lowest BCUT2D eigenvalue weighted by Gasteiger charge is -2.20. The van der Waals surface area contributed by atoms with E-state index in [0.29, 0.717) is 25.3 Å². The minimum absolute atomic E-state index is 0.0138. The number of carboxylic acids is 1. The van der Waals surface area contributed by atoms with Gasteiger partial charge in [0.05, 0.1) is 0 Å². The fraction of sp³-hybridized carbons (Fsp3) is 0.571. The summed E-state index contributed by atoms with van der Waals surface area (Å²) in [6, 6.07) is 1.50. The molecule has 0 aliphatic carbocycles. The molecule has 1 aromatic rings. The number of nitrogens with one attached hydrogen (secondary N) is 2. The summed E-state index contributed by atoms with van der Waals surface area (Å²) in [6.07, 6.45) is 0.375. The van der Waals surface area contributed by atoms with Crippen molar-refractivity contribution in [2.24, 2.45) is 0 Å². The number of rotatable bonds is 6. The average Bonchev–Trinajstić information content (AvgIpc) is 2.64. The van der Waals surface area contributed by atoms with Gasteiger partial charge in [-0.2, -0.15) is 0 Å². The third kappa shape index (κ3) is 5.44. The van der Waals surface area contributed by atoms with Crippen molar-refractivity contribution in [2.45, 2.75) is 46.2 Å². The molecule has 0 saturated heterocycles. The van der Waals surface area contributed by atoms with Gasteiger partial charge in [-0.05, 0) is 33.8 Å². The second-order valence-corrected chi connectivity index (χ2v) is 5.72. The van der Waals surface area contributed by atoms with Gasteiger partial charge in [0.15, 0.2) is 0 Å². The van der Waals surface area contributed by atoms with Gasteiger partial charge in [0.1, 0.15) is 5.76 Å². The highest BCUT2D eigenvalue weighted by atomic mass is 16.4. The fourth-order valence-electron chi connectivity index (χ4n) is 1.71. The van der Waals surface area contributed by atoms with E-state index in [1.807, 2.05) is 20.8 Å². The second kappa shape index (κ2) is 6.56. The van der Waals surface area contributed by atoms with Crippen molar-refractivity contribution in [1.29, 1.82) is 0 Å². The highest BCUT2D eigenvalue weighted by Gasteiger charge is 2.14. The normalized spacial score (nSPS) is 11.4. The van der Waals surface area contributed by atoms with E-state index < -0.39 is 5.97 Å². The maximum absolute atomic E-state index is 11.6. The van der Waals surface area contributed by atoms with Crippen LogP contribution in [0, 0.1) is 6.92 Å². The molecule has 0 aliphatic heterocycles. The van der Waals surface area contributed by atoms with Gasteiger partial charge in [-0.25, -0.2) is 4.79 Å². The molecule has 0 fully saturated rings. The molecule has 3 N–H and O–H groups in total. The molecule has 0 unspecified atom stereocenters. The number of carbonyl (C=O) groups excluding carboxylic acids is 1. The summed E-state index contributed by atoms with van der Waals surface area (Å²) >= 11 is 0. The maximum atomic E-state index is 11.6. The molecule has 0 aliphatic rings. The minimum atomic E-state index is -1.08. The molecule has 0 radical (unpaired) electrons. The molecule has 0 saturated carbocycles. The SMILES string of the molecule is Cc1oc(C(=O)O)cc1CNCCC(=O)NC(C)(C)C. The Kier molecular flexibility index (Phi) is 5.33. The highest BCUT2D eigenvalue weighted by Crippen LogP contribution is 2.14. The lowest BCUT2D eigenvalue weighted by atomic mass is 10.1. The van der Waals surface area contributed by atoms with Crippen LogP contribution in [0.2, 0.25) is 0 Å². The Hall–Kier alpha value is -1.82. The molecule has 0 atom stereocenters. The van der Waals surface area contributed by atoms with Gasteiger partial charge in [-0.15, -0.1) is 0 Å². The summed E-state index contributed by atoms with van der Waals surface area (Å²) in [4.78, 5) is 22.3. The number of aromatic carboxylic acids is 1. The van der Waals surface area contributed by atoms with Crippen molar-refractivity contribution in [3.8, 4) is 0 Å². The minimum Gasteiger partial charge on any atom is -0.475 e. The molecule has 1 aromatic heterocycles. The first-order valence-corrected chi connectivity index (χ1v) is 6.53. The topological polar surface area (TPSA) is 91.6 Å². The van der Waals surface area contributed by atoms with Crippen LogP contribution in [0.15, 0.2) is 10.5 Å². The van der Waals surface area contributed by atoms with E-state index in [1.165, 1.54) is 6.07 Å². The fourth-order valence-corrected chi connectivity index (χ4v) is 1.71. The van der Waals surface area contributed by atoms with Crippen LogP contribution in [0.1, 0.15) is 49.1 Å². The number of carbonyl (C=O) groups is 2. The van der Waals surface area contributed by atoms with Gasteiger partial charge in [0.2, 0.25) is 11.7 Å². The average molecular weight is 282 g/mol. The Labute approximate surface area is 118 Å². The molecule has 1 amide bonds. The summed E-state index contributed by atoms with van der Waals surface area (Å²) in [6.45, 7) is 8.51. The quantitative estimate of drug-likeness (QED) is 0.690. The van der Waals surface area contributed by atoms with Crippen molar-refractivity contribution < 1.29 is 19.1 Å². The third-order valence-electron chi connectivity index (χ3n) is 2.59. The molecule has 6 nitrogen and oxygen atoms in total. The molecular weight excluding hydrogens is 260 g/mol. The molecule has 112 valence electrons. The first-order chi connectivity index (χ1) is 9.19. The van der Waals surface area contributed by atoms with Gasteiger partial charge in [0.25, 0.3) is 0 Å². The van der Waals surface area contributed by atoms with E-state index in [2.05, 4.69) is 10.6 Å². The number of aryl methyl sites for hydroxylation is 1. The number of hydrogen-bond acceptors (Lipinski definition) is 4. The van der Waals surface area contributed by atoms with E-state index in [-0.39, 0.29) is 17.2 Å². The van der Waals surface area contributed by atoms with E-state index in [4.69, 9.17) is 9.52 Å². The molecule has 6 heteroatoms. The van der Waals surface area contributed by atoms with E-state index in [0.717, 1.165) is 5.56 Å². The summed E-state index contributed by atoms with van der Waals surface area (Å²) in [5, 5.41) is 14.8. The van der Waals surface area contributed by atoms with Crippen LogP contribution in [0.5, 0.6) is 0 Å². The Morgan fingerprint density at radius 3 is 2.50 bits per heavy atom. The molecule has 0 bridgehead atoms. The molecule has 1 rings (SSSR count). The zero-order chi connectivity index (χ0) is 15.3. The summed E-state index contributed by atoms with van der Waals surface area (Å²) in [5.41, 5.74) is 0.563. The predicted octanol–water partition coefficient (Wildman–Crippen LogP) is 1.68. The standard InChI is InChI=1S/C14H22N2O4/c1-9-10(7-11(20-9)13(18)19)8-15-6-5-12(17)16-14(2,3)4/h7,15H,5-6,8H2,1-4H3,(H,16,17)(H,18,19). The van der Waals surface area contributed by atoms with Crippen molar-refractivity contribution in [3.05, 3.63) is 23.2 Å². The van der Waals surface area contributed by atoms with E-state index >= 15 is 0 Å². The highest BCUT2D eigenvalue weighted by molar-refractivity contribution is 5.84. The van der Waals surface area contributed by atoms with E-state index in [1.54, 1.807) is 6.92 Å². The van der Waals surface area contributed by atoms with Gasteiger partial charge >= 0.3 is 5.97 Å². The zero-order valence-electron chi connectivity index (χ0n) is 12.4. The van der Waals surface area contributed by atoms with Gasteiger partial charge in [0, 0.05) is 30.6 Å². The molecule has 1 heterocycles. The van der Waals surface area contributed by atoms with Crippen LogP contribution in [0.25, 0.3) is 0 Å². The molecular formula is C14H22N2O4. The lowest BCUT2D eigenvalue weighted by molar-refractivity contribution is -0.122. The van der Waals surface area contributed by atoms with Gasteiger partial charge in [-0.1, -0.05) is 0 Å². The van der Waals surface area contributed by atoms with Crippen molar-refractivity contribution in [1.82, 2.24) is 10.6 Å². The summed E-state index contributed by atoms with van der Waals surface area (Å²) in [5.74, 6) is -0.581. The Morgan fingerprint density at radius 1 is 1.35 bits per heavy atom. The Morgan fingerprint density at radius 2 is 2.00 bits per heavy atom. The number of amides is 1. The smallest absolute Gasteiger partial charge is 0.371 e. The van der Waals surface area contributed by atoms with Crippen LogP contribution >= 0.6 is 0 Å². The lowest BCUT2D eigenvalue weighted by Crippen LogP contribution is -2.41. The Balaban J connectivity index is 2.35. The number of hydrogen-bond donors (Lipinski definition) is 3. The van der Waals surface area contributed by atoms with Crippen LogP contribution in [0.4, 0.5) is 0 Å². The number of carboxylic acid groups (broad SMARTS) is 1. The van der Waals surface area contributed by atoms with Gasteiger partial charge < -0.3 is 20.2 Å². The zero-order valence-corrected chi connectivity index (χ0v) is 12.4. The first-order valence-electron chi connectivity index (χ1n) is 6.53. The van der Waals surface area contributed by atoms with Gasteiger partial charge in [-0.3, -0.25) is 4.79 Å². The third-order valence-corrected chi connectivity index (χ3v) is 2.59. The predicted molar refractivity (Wildman–Crippen MR) is 74.6 cm³/mol. The Bertz CT molecular complexity index is 486. The van der Waals surface area contributed by atoms with Crippen LogP contribution < -0.4 is 10.6 Å². The maximum Gasteiger partial charge on any atom is 0.371 e. The van der Waals surface area contributed by atoms with Crippen molar-refractivity contribution in [3.63, 3.8) is 0 Å². The van der Waals surface area contributed by atoms with E-state index in [9.17, 15) is 9.59 Å². The van der Waals surface area contributed by atoms with Crippen LogP contribution in [-0.4, -0.2) is 29.1 Å². The molecule has 0 spiro atoms. The number of furan rings is 1. The van der Waals surface area contributed by atoms with Crippen molar-refractivity contribution in [2.75, 3.05) is 6.54 Å². The van der Waals surface area contributed by atoms with Crippen LogP contribution in [-0.2, 0) is 11.3 Å². The summed E-state index contributed by atoms with van der Waals surface area (Å²) < 4.78 is 5.10. The molecule has 0 aromatic carbocycles. The molecule has 20 heavy (non-hydrogen) atoms. The first kappa shape index (κ1) is 16.2. The summed E-state index contributed by atoms with van der Waals surface area (Å²) in [7, 11) is 0. The largest absolute Gasteiger partial charge is 0.475 e. The second-order valence-electron chi connectivity index (χ2n) is 5.72.